The molecule has 0 spiro atoms. The van der Waals surface area contributed by atoms with Gasteiger partial charge in [-0.1, -0.05) is 54.1 Å². The minimum absolute atomic E-state index is 0.0179. The van der Waals surface area contributed by atoms with Crippen molar-refractivity contribution >= 4 is 46.3 Å². The van der Waals surface area contributed by atoms with Gasteiger partial charge in [0.15, 0.2) is 0 Å². The molecule has 0 aliphatic rings. The second kappa shape index (κ2) is 10.5. The highest BCUT2D eigenvalue weighted by Gasteiger charge is 2.16. The highest BCUT2D eigenvalue weighted by molar-refractivity contribution is 6.34. The standard InChI is InChI=1S/C26H19ClN4O4/c27-24-15-14-22(31(34)35)16-23(24)25(32)28-20-10-6-17(7-11-20)18-8-12-21(13-9-18)30-26(33)29-19-4-2-1-3-5-19/h1-16H,(H,28,32)(H2,29,30,33). The lowest BCUT2D eigenvalue weighted by molar-refractivity contribution is -0.384. The van der Waals surface area contributed by atoms with Crippen LogP contribution in [0, 0.1) is 10.1 Å². The van der Waals surface area contributed by atoms with Gasteiger partial charge in [-0.3, -0.25) is 14.9 Å². The fourth-order valence-electron chi connectivity index (χ4n) is 3.31. The number of nitro groups is 1. The molecule has 9 heteroatoms. The van der Waals surface area contributed by atoms with Gasteiger partial charge in [-0.25, -0.2) is 4.79 Å². The Kier molecular flexibility index (Phi) is 7.04. The number of rotatable bonds is 6. The molecule has 174 valence electrons. The number of urea groups is 1. The van der Waals surface area contributed by atoms with E-state index in [0.29, 0.717) is 17.1 Å². The van der Waals surface area contributed by atoms with Crippen LogP contribution in [0.2, 0.25) is 5.02 Å². The van der Waals surface area contributed by atoms with E-state index in [1.54, 1.807) is 36.4 Å². The maximum Gasteiger partial charge on any atom is 0.323 e. The van der Waals surface area contributed by atoms with E-state index in [-0.39, 0.29) is 22.3 Å². The molecule has 4 rings (SSSR count). The molecule has 0 aliphatic carbocycles. The minimum Gasteiger partial charge on any atom is -0.322 e. The molecule has 3 N–H and O–H groups in total. The van der Waals surface area contributed by atoms with Crippen LogP contribution in [-0.4, -0.2) is 16.9 Å². The second-order valence-corrected chi connectivity index (χ2v) is 7.88. The maximum atomic E-state index is 12.5. The number of halogens is 1. The van der Waals surface area contributed by atoms with Crippen molar-refractivity contribution in [1.29, 1.82) is 0 Å². The van der Waals surface area contributed by atoms with Gasteiger partial charge in [0.2, 0.25) is 0 Å². The van der Waals surface area contributed by atoms with Crippen LogP contribution >= 0.6 is 11.6 Å². The fraction of sp³-hybridized carbons (Fsp3) is 0. The van der Waals surface area contributed by atoms with Crippen LogP contribution in [0.15, 0.2) is 97.1 Å². The van der Waals surface area contributed by atoms with Gasteiger partial charge >= 0.3 is 6.03 Å². The number of nitrogens with zero attached hydrogens (tertiary/aromatic N) is 1. The molecule has 0 heterocycles. The third-order valence-electron chi connectivity index (χ3n) is 5.06. The zero-order valence-electron chi connectivity index (χ0n) is 18.2. The van der Waals surface area contributed by atoms with E-state index in [1.165, 1.54) is 12.1 Å². The number of para-hydroxylation sites is 1. The summed E-state index contributed by atoms with van der Waals surface area (Å²) in [5, 5.41) is 19.3. The third-order valence-corrected chi connectivity index (χ3v) is 5.39. The molecule has 35 heavy (non-hydrogen) atoms. The monoisotopic (exact) mass is 486 g/mol. The van der Waals surface area contributed by atoms with Gasteiger partial charge in [-0.2, -0.15) is 0 Å². The number of amides is 3. The zero-order valence-corrected chi connectivity index (χ0v) is 19.0. The number of carbonyl (C=O) groups excluding carboxylic acids is 2. The summed E-state index contributed by atoms with van der Waals surface area (Å²) in [5.74, 6) is -0.546. The maximum absolute atomic E-state index is 12.5. The lowest BCUT2D eigenvalue weighted by atomic mass is 10.0. The van der Waals surface area contributed by atoms with E-state index in [9.17, 15) is 19.7 Å². The van der Waals surface area contributed by atoms with E-state index >= 15 is 0 Å². The van der Waals surface area contributed by atoms with E-state index in [1.807, 2.05) is 42.5 Å². The molecular formula is C26H19ClN4O4. The minimum atomic E-state index is -0.585. The fourth-order valence-corrected chi connectivity index (χ4v) is 3.51. The molecule has 8 nitrogen and oxygen atoms in total. The Labute approximate surface area is 205 Å². The summed E-state index contributed by atoms with van der Waals surface area (Å²) < 4.78 is 0. The van der Waals surface area contributed by atoms with Crippen LogP contribution in [0.3, 0.4) is 0 Å². The van der Waals surface area contributed by atoms with Gasteiger partial charge in [-0.15, -0.1) is 0 Å². The summed E-state index contributed by atoms with van der Waals surface area (Å²) in [6.45, 7) is 0. The molecular weight excluding hydrogens is 468 g/mol. The number of benzene rings is 4. The molecule has 0 bridgehead atoms. The van der Waals surface area contributed by atoms with Crippen molar-refractivity contribution < 1.29 is 14.5 Å². The molecule has 0 aliphatic heterocycles. The topological polar surface area (TPSA) is 113 Å². The molecule has 0 saturated heterocycles. The number of hydrogen-bond acceptors (Lipinski definition) is 4. The lowest BCUT2D eigenvalue weighted by Gasteiger charge is -2.10. The first-order valence-corrected chi connectivity index (χ1v) is 10.9. The highest BCUT2D eigenvalue weighted by Crippen LogP contribution is 2.26. The molecule has 4 aromatic rings. The quantitative estimate of drug-likeness (QED) is 0.205. The van der Waals surface area contributed by atoms with Crippen LogP contribution in [-0.2, 0) is 0 Å². The number of nitrogens with one attached hydrogen (secondary N) is 3. The molecule has 0 fully saturated rings. The Morgan fingerprint density at radius 3 is 1.74 bits per heavy atom. The van der Waals surface area contributed by atoms with Gasteiger partial charge in [-0.05, 0) is 53.6 Å². The van der Waals surface area contributed by atoms with Crippen LogP contribution in [0.5, 0.6) is 0 Å². The second-order valence-electron chi connectivity index (χ2n) is 7.48. The van der Waals surface area contributed by atoms with Crippen molar-refractivity contribution in [2.45, 2.75) is 0 Å². The normalized spacial score (nSPS) is 10.3. The average molecular weight is 487 g/mol. The number of non-ortho nitro benzene ring substituents is 1. The van der Waals surface area contributed by atoms with Crippen molar-refractivity contribution in [3.63, 3.8) is 0 Å². The summed E-state index contributed by atoms with van der Waals surface area (Å²) in [6, 6.07) is 26.9. The number of hydrogen-bond donors (Lipinski definition) is 3. The lowest BCUT2D eigenvalue weighted by Crippen LogP contribution is -2.19. The van der Waals surface area contributed by atoms with Gasteiger partial charge in [0.05, 0.1) is 15.5 Å². The van der Waals surface area contributed by atoms with Crippen LogP contribution in [0.1, 0.15) is 10.4 Å². The number of carbonyl (C=O) groups is 2. The van der Waals surface area contributed by atoms with E-state index in [2.05, 4.69) is 16.0 Å². The first kappa shape index (κ1) is 23.5. The average Bonchev–Trinajstić information content (AvgIpc) is 2.85. The summed E-state index contributed by atoms with van der Waals surface area (Å²) in [4.78, 5) is 35.1. The molecule has 0 radical (unpaired) electrons. The van der Waals surface area contributed by atoms with Crippen molar-refractivity contribution in [2.75, 3.05) is 16.0 Å². The van der Waals surface area contributed by atoms with Gasteiger partial charge < -0.3 is 16.0 Å². The predicted molar refractivity (Wildman–Crippen MR) is 137 cm³/mol. The molecule has 0 aromatic heterocycles. The molecule has 0 atom stereocenters. The van der Waals surface area contributed by atoms with Crippen LogP contribution < -0.4 is 16.0 Å². The van der Waals surface area contributed by atoms with Crippen molar-refractivity contribution in [3.05, 3.63) is 118 Å². The van der Waals surface area contributed by atoms with E-state index in [0.717, 1.165) is 17.2 Å². The molecule has 0 unspecified atom stereocenters. The van der Waals surface area contributed by atoms with Crippen LogP contribution in [0.25, 0.3) is 11.1 Å². The summed E-state index contributed by atoms with van der Waals surface area (Å²) in [5.41, 5.74) is 3.46. The number of nitro benzene ring substituents is 1. The van der Waals surface area contributed by atoms with Gasteiger partial charge in [0.25, 0.3) is 11.6 Å². The Morgan fingerprint density at radius 2 is 1.20 bits per heavy atom. The Balaban J connectivity index is 1.39. The molecule has 3 amide bonds. The Morgan fingerprint density at radius 1 is 0.686 bits per heavy atom. The Hall–Kier alpha value is -4.69. The SMILES string of the molecule is O=C(Nc1ccccc1)Nc1ccc(-c2ccc(NC(=O)c3cc([N+](=O)[O-])ccc3Cl)cc2)cc1. The van der Waals surface area contributed by atoms with E-state index < -0.39 is 10.8 Å². The van der Waals surface area contributed by atoms with Gasteiger partial charge in [0.1, 0.15) is 0 Å². The summed E-state index contributed by atoms with van der Waals surface area (Å²) >= 11 is 6.04. The summed E-state index contributed by atoms with van der Waals surface area (Å²) in [6.07, 6.45) is 0. The third kappa shape index (κ3) is 6.01. The van der Waals surface area contributed by atoms with Gasteiger partial charge in [0, 0.05) is 29.2 Å². The highest BCUT2D eigenvalue weighted by atomic mass is 35.5. The molecule has 0 saturated carbocycles. The summed E-state index contributed by atoms with van der Waals surface area (Å²) in [7, 11) is 0. The van der Waals surface area contributed by atoms with Crippen molar-refractivity contribution in [1.82, 2.24) is 0 Å². The van der Waals surface area contributed by atoms with Crippen molar-refractivity contribution in [2.24, 2.45) is 0 Å². The Bertz CT molecular complexity index is 1380. The molecule has 4 aromatic carbocycles. The zero-order chi connectivity index (χ0) is 24.8. The van der Waals surface area contributed by atoms with Crippen LogP contribution in [0.4, 0.5) is 27.5 Å². The largest absolute Gasteiger partial charge is 0.323 e. The first-order chi connectivity index (χ1) is 16.9. The predicted octanol–water partition coefficient (Wildman–Crippen LogP) is 6.81. The first-order valence-electron chi connectivity index (χ1n) is 10.5. The number of anilines is 3. The van der Waals surface area contributed by atoms with Crippen molar-refractivity contribution in [3.8, 4) is 11.1 Å². The van der Waals surface area contributed by atoms with E-state index in [4.69, 9.17) is 11.6 Å². The smallest absolute Gasteiger partial charge is 0.322 e.